The number of hydrogen-bond acceptors (Lipinski definition) is 6. The van der Waals surface area contributed by atoms with Gasteiger partial charge in [-0.05, 0) is 69.7 Å². The molecule has 3 aliphatic rings. The van der Waals surface area contributed by atoms with Gasteiger partial charge >= 0.3 is 0 Å². The van der Waals surface area contributed by atoms with Crippen LogP contribution in [-0.4, -0.2) is 77.5 Å². The number of carbonyl (C=O) groups is 2. The minimum atomic E-state index is -0.347. The van der Waals surface area contributed by atoms with E-state index in [4.69, 9.17) is 4.74 Å². The molecule has 0 aliphatic carbocycles. The summed E-state index contributed by atoms with van der Waals surface area (Å²) in [7, 11) is 0. The minimum Gasteiger partial charge on any atom is -0.491 e. The number of amides is 2. The van der Waals surface area contributed by atoms with Crippen LogP contribution in [-0.2, 0) is 16.0 Å². The lowest BCUT2D eigenvalue weighted by molar-refractivity contribution is -0.137. The average molecular weight is 506 g/mol. The third-order valence-corrected chi connectivity index (χ3v) is 8.40. The van der Waals surface area contributed by atoms with Crippen molar-refractivity contribution in [2.24, 2.45) is 5.41 Å². The highest BCUT2D eigenvalue weighted by Crippen LogP contribution is 2.38. The van der Waals surface area contributed by atoms with Gasteiger partial charge in [0.1, 0.15) is 12.4 Å². The summed E-state index contributed by atoms with van der Waals surface area (Å²) in [5.74, 6) is 1.52. The van der Waals surface area contributed by atoms with Gasteiger partial charge < -0.3 is 15.0 Å². The molecule has 2 amide bonds. The quantitative estimate of drug-likeness (QED) is 0.690. The van der Waals surface area contributed by atoms with E-state index in [1.807, 2.05) is 23.2 Å². The van der Waals surface area contributed by atoms with Crippen LogP contribution in [0.1, 0.15) is 62.1 Å². The molecule has 1 aromatic heterocycles. The predicted octanol–water partition coefficient (Wildman–Crippen LogP) is 3.19. The first-order valence-electron chi connectivity index (χ1n) is 13.9. The van der Waals surface area contributed by atoms with Crippen molar-refractivity contribution >= 4 is 11.8 Å². The molecule has 2 aromatic rings. The van der Waals surface area contributed by atoms with Crippen molar-refractivity contribution in [3.8, 4) is 5.75 Å². The van der Waals surface area contributed by atoms with Gasteiger partial charge in [-0.15, -0.1) is 0 Å². The van der Waals surface area contributed by atoms with Crippen molar-refractivity contribution in [3.05, 3.63) is 54.1 Å². The molecule has 0 bridgehead atoms. The van der Waals surface area contributed by atoms with E-state index in [1.165, 1.54) is 5.56 Å². The number of nitrogens with zero attached hydrogens (tertiary/aromatic N) is 4. The van der Waals surface area contributed by atoms with Crippen molar-refractivity contribution in [1.29, 1.82) is 0 Å². The molecule has 198 valence electrons. The predicted molar refractivity (Wildman–Crippen MR) is 141 cm³/mol. The summed E-state index contributed by atoms with van der Waals surface area (Å²) >= 11 is 0. The van der Waals surface area contributed by atoms with Crippen molar-refractivity contribution in [1.82, 2.24) is 25.1 Å². The molecule has 3 aliphatic heterocycles. The molecule has 1 spiro atoms. The first kappa shape index (κ1) is 25.6. The van der Waals surface area contributed by atoms with Crippen LogP contribution in [0.15, 0.2) is 42.9 Å². The molecule has 37 heavy (non-hydrogen) atoms. The van der Waals surface area contributed by atoms with Crippen LogP contribution in [0.5, 0.6) is 5.75 Å². The molecule has 8 heteroatoms. The van der Waals surface area contributed by atoms with Crippen LogP contribution >= 0.6 is 0 Å². The highest BCUT2D eigenvalue weighted by Gasteiger charge is 2.41. The summed E-state index contributed by atoms with van der Waals surface area (Å²) in [6.45, 7) is 4.49. The molecule has 4 heterocycles. The van der Waals surface area contributed by atoms with Gasteiger partial charge in [0.15, 0.2) is 0 Å². The topological polar surface area (TPSA) is 87.7 Å². The second-order valence-electron chi connectivity index (χ2n) is 10.8. The van der Waals surface area contributed by atoms with E-state index in [0.29, 0.717) is 26.2 Å². The fourth-order valence-electron chi connectivity index (χ4n) is 6.13. The Morgan fingerprint density at radius 1 is 1.08 bits per heavy atom. The van der Waals surface area contributed by atoms with Crippen LogP contribution in [0, 0.1) is 5.41 Å². The highest BCUT2D eigenvalue weighted by molar-refractivity contribution is 5.83. The first-order valence-corrected chi connectivity index (χ1v) is 13.9. The van der Waals surface area contributed by atoms with Gasteiger partial charge in [0, 0.05) is 37.6 Å². The van der Waals surface area contributed by atoms with Crippen molar-refractivity contribution in [2.75, 3.05) is 45.9 Å². The Bertz CT molecular complexity index is 1050. The SMILES string of the molecule is O=C(CN1CCC2(CCCCc3ccccc3OCCNC2=O)CC1)N1CCCC(c2cnccn2)C1. The number of fused-ring (bicyclic) bond motifs is 1. The lowest BCUT2D eigenvalue weighted by atomic mass is 9.73. The number of piperidine rings is 2. The number of aromatic nitrogens is 2. The molecule has 8 nitrogen and oxygen atoms in total. The molecule has 1 aromatic carbocycles. The van der Waals surface area contributed by atoms with Gasteiger partial charge in [-0.3, -0.25) is 24.5 Å². The largest absolute Gasteiger partial charge is 0.491 e. The number of benzene rings is 1. The summed E-state index contributed by atoms with van der Waals surface area (Å²) in [6.07, 6.45) is 12.8. The second-order valence-corrected chi connectivity index (χ2v) is 10.8. The van der Waals surface area contributed by atoms with Gasteiger partial charge in [-0.1, -0.05) is 24.6 Å². The molecule has 2 fully saturated rings. The molecular weight excluding hydrogens is 466 g/mol. The van der Waals surface area contributed by atoms with Gasteiger partial charge in [0.25, 0.3) is 0 Å². The Balaban J connectivity index is 1.15. The summed E-state index contributed by atoms with van der Waals surface area (Å²) in [5.41, 5.74) is 1.87. The van der Waals surface area contributed by atoms with Crippen LogP contribution in [0.4, 0.5) is 0 Å². The summed E-state index contributed by atoms with van der Waals surface area (Å²) in [5, 5.41) is 3.15. The zero-order valence-electron chi connectivity index (χ0n) is 21.7. The van der Waals surface area contributed by atoms with Crippen molar-refractivity contribution in [3.63, 3.8) is 0 Å². The highest BCUT2D eigenvalue weighted by atomic mass is 16.5. The van der Waals surface area contributed by atoms with E-state index < -0.39 is 0 Å². The molecule has 5 rings (SSSR count). The van der Waals surface area contributed by atoms with E-state index in [1.54, 1.807) is 12.4 Å². The van der Waals surface area contributed by atoms with E-state index in [2.05, 4.69) is 32.3 Å². The number of hydrogen-bond donors (Lipinski definition) is 1. The number of aryl methyl sites for hydroxylation is 1. The van der Waals surface area contributed by atoms with Crippen molar-refractivity contribution < 1.29 is 14.3 Å². The fraction of sp³-hybridized carbons (Fsp3) is 0.586. The standard InChI is InChI=1S/C29H39N5O3/c35-27(34-16-5-8-24(21-34)25-20-30-13-14-31-25)22-33-17-11-29(12-18-33)10-4-3-7-23-6-1-2-9-26(23)37-19-15-32-28(29)36/h1-2,6,9,13-14,20,24H,3-5,7-8,10-12,15-19,21-22H2,(H,32,36). The number of nitrogens with one attached hydrogen (secondary N) is 1. The minimum absolute atomic E-state index is 0.152. The van der Waals surface area contributed by atoms with Gasteiger partial charge in [0.2, 0.25) is 11.8 Å². The maximum absolute atomic E-state index is 13.3. The lowest BCUT2D eigenvalue weighted by Gasteiger charge is -2.41. The van der Waals surface area contributed by atoms with Crippen LogP contribution in [0.25, 0.3) is 0 Å². The average Bonchev–Trinajstić information content (AvgIpc) is 2.95. The molecule has 1 atom stereocenters. The molecule has 1 N–H and O–H groups in total. The monoisotopic (exact) mass is 505 g/mol. The van der Waals surface area contributed by atoms with Gasteiger partial charge in [-0.2, -0.15) is 0 Å². The van der Waals surface area contributed by atoms with Crippen LogP contribution in [0.2, 0.25) is 0 Å². The van der Waals surface area contributed by atoms with E-state index >= 15 is 0 Å². The Hall–Kier alpha value is -3.00. The molecule has 0 radical (unpaired) electrons. The molecular formula is C29H39N5O3. The molecule has 1 unspecified atom stereocenters. The number of rotatable bonds is 3. The Kier molecular flexibility index (Phi) is 8.34. The lowest BCUT2D eigenvalue weighted by Crippen LogP contribution is -2.52. The molecule has 0 saturated carbocycles. The van der Waals surface area contributed by atoms with Gasteiger partial charge in [-0.25, -0.2) is 0 Å². The third-order valence-electron chi connectivity index (χ3n) is 8.40. The second kappa shape index (κ2) is 12.0. The summed E-state index contributed by atoms with van der Waals surface area (Å²) in [4.78, 5) is 39.4. The van der Waals surface area contributed by atoms with Crippen molar-refractivity contribution in [2.45, 2.75) is 57.3 Å². The number of ether oxygens (including phenoxy) is 1. The Morgan fingerprint density at radius 2 is 1.95 bits per heavy atom. The van der Waals surface area contributed by atoms with E-state index in [-0.39, 0.29) is 23.1 Å². The first-order chi connectivity index (χ1) is 18.1. The van der Waals surface area contributed by atoms with E-state index in [0.717, 1.165) is 82.4 Å². The summed E-state index contributed by atoms with van der Waals surface area (Å²) < 4.78 is 5.97. The number of likely N-dealkylation sites (tertiary alicyclic amines) is 2. The summed E-state index contributed by atoms with van der Waals surface area (Å²) in [6, 6.07) is 8.22. The Labute approximate surface area is 219 Å². The normalized spacial score (nSPS) is 23.2. The van der Waals surface area contributed by atoms with Crippen LogP contribution in [0.3, 0.4) is 0 Å². The zero-order chi connectivity index (χ0) is 25.5. The van der Waals surface area contributed by atoms with Crippen LogP contribution < -0.4 is 10.1 Å². The Morgan fingerprint density at radius 3 is 2.78 bits per heavy atom. The smallest absolute Gasteiger partial charge is 0.236 e. The zero-order valence-corrected chi connectivity index (χ0v) is 21.7. The fourth-order valence-corrected chi connectivity index (χ4v) is 6.13. The number of para-hydroxylation sites is 1. The maximum atomic E-state index is 13.3. The van der Waals surface area contributed by atoms with E-state index in [9.17, 15) is 9.59 Å². The van der Waals surface area contributed by atoms with Gasteiger partial charge in [0.05, 0.1) is 24.2 Å². The maximum Gasteiger partial charge on any atom is 0.236 e. The number of carbonyl (C=O) groups excluding carboxylic acids is 2. The third kappa shape index (κ3) is 6.29. The molecule has 2 saturated heterocycles.